The highest BCUT2D eigenvalue weighted by Crippen LogP contribution is 2.29. The summed E-state index contributed by atoms with van der Waals surface area (Å²) in [6, 6.07) is 3.68. The quantitative estimate of drug-likeness (QED) is 0.488. The van der Waals surface area contributed by atoms with Gasteiger partial charge in [0.25, 0.3) is 11.6 Å². The van der Waals surface area contributed by atoms with Gasteiger partial charge in [-0.25, -0.2) is 4.79 Å². The number of hydrogen-bond acceptors (Lipinski definition) is 5. The van der Waals surface area contributed by atoms with Gasteiger partial charge in [0.05, 0.1) is 10.5 Å². The Kier molecular flexibility index (Phi) is 6.36. The average molecular weight is 369 g/mol. The lowest BCUT2D eigenvalue weighted by molar-refractivity contribution is -0.384. The maximum absolute atomic E-state index is 12.0. The molecule has 136 valence electrons. The molecule has 1 aliphatic rings. The van der Waals surface area contributed by atoms with Crippen molar-refractivity contribution in [2.45, 2.75) is 39.2 Å². The average Bonchev–Trinajstić information content (AvgIpc) is 2.57. The van der Waals surface area contributed by atoms with Crippen LogP contribution in [0.4, 0.5) is 5.69 Å². The fourth-order valence-electron chi connectivity index (χ4n) is 3.03. The predicted octanol–water partition coefficient (Wildman–Crippen LogP) is 3.35. The van der Waals surface area contributed by atoms with Crippen molar-refractivity contribution in [3.63, 3.8) is 0 Å². The van der Waals surface area contributed by atoms with Gasteiger partial charge in [0, 0.05) is 12.1 Å². The van der Waals surface area contributed by atoms with Gasteiger partial charge in [-0.3, -0.25) is 14.9 Å². The van der Waals surface area contributed by atoms with Crippen LogP contribution in [0.2, 0.25) is 5.02 Å². The van der Waals surface area contributed by atoms with Gasteiger partial charge in [-0.15, -0.1) is 0 Å². The third-order valence-corrected chi connectivity index (χ3v) is 5.09. The van der Waals surface area contributed by atoms with Crippen LogP contribution in [0.3, 0.4) is 0 Å². The van der Waals surface area contributed by atoms with Crippen LogP contribution in [0.1, 0.15) is 43.5 Å². The van der Waals surface area contributed by atoms with Crippen LogP contribution in [-0.4, -0.2) is 29.4 Å². The zero-order valence-electron chi connectivity index (χ0n) is 14.2. The van der Waals surface area contributed by atoms with Gasteiger partial charge in [-0.2, -0.15) is 0 Å². The van der Waals surface area contributed by atoms with E-state index in [2.05, 4.69) is 19.2 Å². The molecule has 0 unspecified atom stereocenters. The van der Waals surface area contributed by atoms with Gasteiger partial charge in [-0.05, 0) is 30.4 Å². The SMILES string of the molecule is C[C@@H]1[C@H](C)CCC[C@@H]1NC(=O)COC(=O)c1ccc(Cl)c([N+](=O)[O-])c1. The Morgan fingerprint density at radius 1 is 1.36 bits per heavy atom. The van der Waals surface area contributed by atoms with E-state index in [0.29, 0.717) is 11.8 Å². The third kappa shape index (κ3) is 4.92. The fraction of sp³-hybridized carbons (Fsp3) is 0.529. The molecule has 0 heterocycles. The summed E-state index contributed by atoms with van der Waals surface area (Å²) in [5, 5.41) is 13.7. The van der Waals surface area contributed by atoms with Gasteiger partial charge >= 0.3 is 5.97 Å². The van der Waals surface area contributed by atoms with E-state index in [1.54, 1.807) is 0 Å². The second-order valence-electron chi connectivity index (χ2n) is 6.44. The standard InChI is InChI=1S/C17H21ClN2O5/c1-10-4-3-5-14(11(10)2)19-16(21)9-25-17(22)12-6-7-13(18)15(8-12)20(23)24/h6-8,10-11,14H,3-5,9H2,1-2H3,(H,19,21)/t10-,11-,14+/m1/s1. The van der Waals surface area contributed by atoms with Crippen LogP contribution in [0.15, 0.2) is 18.2 Å². The van der Waals surface area contributed by atoms with E-state index in [1.807, 2.05) is 0 Å². The van der Waals surface area contributed by atoms with E-state index in [0.717, 1.165) is 25.3 Å². The smallest absolute Gasteiger partial charge is 0.338 e. The molecular weight excluding hydrogens is 348 g/mol. The summed E-state index contributed by atoms with van der Waals surface area (Å²) in [6.45, 7) is 3.84. The van der Waals surface area contributed by atoms with Crippen LogP contribution in [0.5, 0.6) is 0 Å². The molecule has 25 heavy (non-hydrogen) atoms. The summed E-state index contributed by atoms with van der Waals surface area (Å²) in [6.07, 6.45) is 3.12. The highest BCUT2D eigenvalue weighted by molar-refractivity contribution is 6.32. The number of benzene rings is 1. The van der Waals surface area contributed by atoms with E-state index < -0.39 is 17.5 Å². The first kappa shape index (κ1) is 19.2. The van der Waals surface area contributed by atoms with E-state index in [1.165, 1.54) is 12.1 Å². The minimum Gasteiger partial charge on any atom is -0.452 e. The molecule has 0 radical (unpaired) electrons. The van der Waals surface area contributed by atoms with Crippen molar-refractivity contribution in [3.05, 3.63) is 38.9 Å². The molecule has 0 spiro atoms. The molecule has 0 aromatic heterocycles. The molecule has 0 aliphatic heterocycles. The fourth-order valence-corrected chi connectivity index (χ4v) is 3.21. The first-order chi connectivity index (χ1) is 11.8. The molecule has 1 aromatic carbocycles. The highest BCUT2D eigenvalue weighted by Gasteiger charge is 2.28. The molecule has 3 atom stereocenters. The molecule has 1 amide bonds. The maximum atomic E-state index is 12.0. The second kappa shape index (κ2) is 8.29. The topological polar surface area (TPSA) is 98.5 Å². The first-order valence-electron chi connectivity index (χ1n) is 8.20. The van der Waals surface area contributed by atoms with Gasteiger partial charge < -0.3 is 10.1 Å². The minimum atomic E-state index is -0.806. The monoisotopic (exact) mass is 368 g/mol. The van der Waals surface area contributed by atoms with Crippen LogP contribution in [-0.2, 0) is 9.53 Å². The molecule has 1 saturated carbocycles. The maximum Gasteiger partial charge on any atom is 0.338 e. The van der Waals surface area contributed by atoms with E-state index in [4.69, 9.17) is 16.3 Å². The summed E-state index contributed by atoms with van der Waals surface area (Å²) in [4.78, 5) is 34.1. The molecule has 0 saturated heterocycles. The zero-order valence-corrected chi connectivity index (χ0v) is 14.9. The molecular formula is C17H21ClN2O5. The predicted molar refractivity (Wildman–Crippen MR) is 92.5 cm³/mol. The van der Waals surface area contributed by atoms with Gasteiger partial charge in [0.2, 0.25) is 0 Å². The van der Waals surface area contributed by atoms with Crippen molar-refractivity contribution >= 4 is 29.2 Å². The Balaban J connectivity index is 1.90. The number of carbonyl (C=O) groups is 2. The van der Waals surface area contributed by atoms with Crippen molar-refractivity contribution in [2.75, 3.05) is 6.61 Å². The minimum absolute atomic E-state index is 0.0245. The number of nitro groups is 1. The highest BCUT2D eigenvalue weighted by atomic mass is 35.5. The molecule has 8 heteroatoms. The third-order valence-electron chi connectivity index (χ3n) is 4.77. The number of ether oxygens (including phenoxy) is 1. The molecule has 2 rings (SSSR count). The molecule has 1 N–H and O–H groups in total. The first-order valence-corrected chi connectivity index (χ1v) is 8.57. The van der Waals surface area contributed by atoms with Gasteiger partial charge in [-0.1, -0.05) is 38.3 Å². The molecule has 1 aromatic rings. The number of nitro benzene ring substituents is 1. The molecule has 7 nitrogen and oxygen atoms in total. The Bertz CT molecular complexity index is 679. The normalized spacial score (nSPS) is 22.9. The van der Waals surface area contributed by atoms with Crippen LogP contribution >= 0.6 is 11.6 Å². The van der Waals surface area contributed by atoms with E-state index in [-0.39, 0.29) is 28.2 Å². The van der Waals surface area contributed by atoms with Crippen LogP contribution in [0, 0.1) is 22.0 Å². The summed E-state index contributed by atoms with van der Waals surface area (Å²) < 4.78 is 4.95. The number of halogens is 1. The van der Waals surface area contributed by atoms with Crippen molar-refractivity contribution in [2.24, 2.45) is 11.8 Å². The number of amides is 1. The lowest BCUT2D eigenvalue weighted by Gasteiger charge is -2.34. The Morgan fingerprint density at radius 3 is 2.76 bits per heavy atom. The zero-order chi connectivity index (χ0) is 18.6. The van der Waals surface area contributed by atoms with Crippen LogP contribution in [0.25, 0.3) is 0 Å². The van der Waals surface area contributed by atoms with Crippen molar-refractivity contribution in [1.29, 1.82) is 0 Å². The Morgan fingerprint density at radius 2 is 2.08 bits per heavy atom. The van der Waals surface area contributed by atoms with Gasteiger partial charge in [0.1, 0.15) is 5.02 Å². The van der Waals surface area contributed by atoms with Crippen molar-refractivity contribution in [1.82, 2.24) is 5.32 Å². The second-order valence-corrected chi connectivity index (χ2v) is 6.85. The number of esters is 1. The summed E-state index contributed by atoms with van der Waals surface area (Å²) in [5.74, 6) is -0.272. The van der Waals surface area contributed by atoms with Crippen molar-refractivity contribution in [3.8, 4) is 0 Å². The Hall–Kier alpha value is -2.15. The van der Waals surface area contributed by atoms with E-state index >= 15 is 0 Å². The lowest BCUT2D eigenvalue weighted by Crippen LogP contribution is -2.45. The number of rotatable bonds is 5. The summed E-state index contributed by atoms with van der Waals surface area (Å²) >= 11 is 5.70. The number of carbonyl (C=O) groups excluding carboxylic acids is 2. The molecule has 1 aliphatic carbocycles. The lowest BCUT2D eigenvalue weighted by atomic mass is 9.78. The van der Waals surface area contributed by atoms with Crippen LogP contribution < -0.4 is 5.32 Å². The number of nitrogens with zero attached hydrogens (tertiary/aromatic N) is 1. The number of hydrogen-bond donors (Lipinski definition) is 1. The largest absolute Gasteiger partial charge is 0.452 e. The Labute approximate surface area is 150 Å². The molecule has 1 fully saturated rings. The van der Waals surface area contributed by atoms with Crippen molar-refractivity contribution < 1.29 is 19.2 Å². The number of nitrogens with one attached hydrogen (secondary N) is 1. The molecule has 0 bridgehead atoms. The summed E-state index contributed by atoms with van der Waals surface area (Å²) in [5.41, 5.74) is -0.408. The van der Waals surface area contributed by atoms with Gasteiger partial charge in [0.15, 0.2) is 6.61 Å². The van der Waals surface area contributed by atoms with E-state index in [9.17, 15) is 19.7 Å². The summed E-state index contributed by atoms with van der Waals surface area (Å²) in [7, 11) is 0.